The molecular formula is C24H24N2O3. The van der Waals surface area contributed by atoms with Crippen LogP contribution in [-0.4, -0.2) is 27.8 Å². The molecule has 0 bridgehead atoms. The van der Waals surface area contributed by atoms with Crippen molar-refractivity contribution in [2.45, 2.75) is 32.8 Å². The van der Waals surface area contributed by atoms with Gasteiger partial charge in [-0.15, -0.1) is 0 Å². The molecule has 0 saturated carbocycles. The first-order valence-corrected chi connectivity index (χ1v) is 9.77. The van der Waals surface area contributed by atoms with Crippen LogP contribution in [0.4, 0.5) is 0 Å². The van der Waals surface area contributed by atoms with Gasteiger partial charge in [0, 0.05) is 29.9 Å². The van der Waals surface area contributed by atoms with Gasteiger partial charge in [0.05, 0.1) is 6.61 Å². The van der Waals surface area contributed by atoms with E-state index in [2.05, 4.69) is 5.10 Å². The summed E-state index contributed by atoms with van der Waals surface area (Å²) < 4.78 is 13.3. The molecule has 0 amide bonds. The van der Waals surface area contributed by atoms with Gasteiger partial charge in [-0.2, -0.15) is 5.10 Å². The van der Waals surface area contributed by atoms with Crippen molar-refractivity contribution in [3.05, 3.63) is 77.6 Å². The number of rotatable bonds is 6. The Hall–Kier alpha value is -3.34. The summed E-state index contributed by atoms with van der Waals surface area (Å²) in [6.07, 6.45) is 6.03. The van der Waals surface area contributed by atoms with Gasteiger partial charge in [-0.05, 0) is 62.7 Å². The zero-order valence-corrected chi connectivity index (χ0v) is 16.9. The van der Waals surface area contributed by atoms with Gasteiger partial charge in [-0.25, -0.2) is 4.68 Å². The van der Waals surface area contributed by atoms with E-state index in [4.69, 9.17) is 9.47 Å². The average Bonchev–Trinajstić information content (AvgIpc) is 3.32. The predicted octanol–water partition coefficient (Wildman–Crippen LogP) is 4.88. The second-order valence-corrected chi connectivity index (χ2v) is 7.64. The molecule has 0 fully saturated rings. The number of fused-ring (bicyclic) bond motifs is 1. The van der Waals surface area contributed by atoms with Crippen LogP contribution >= 0.6 is 0 Å². The lowest BCUT2D eigenvalue weighted by molar-refractivity contribution is 0.105. The Kier molecular flexibility index (Phi) is 4.97. The van der Waals surface area contributed by atoms with E-state index in [1.165, 1.54) is 0 Å². The van der Waals surface area contributed by atoms with Crippen molar-refractivity contribution in [1.29, 1.82) is 0 Å². The third-order valence-electron chi connectivity index (χ3n) is 4.82. The lowest BCUT2D eigenvalue weighted by Gasteiger charge is -2.16. The maximum Gasteiger partial charge on any atom is 0.211 e. The van der Waals surface area contributed by atoms with E-state index < -0.39 is 0 Å². The van der Waals surface area contributed by atoms with Crippen molar-refractivity contribution >= 4 is 17.6 Å². The Bertz CT molecular complexity index is 1070. The van der Waals surface area contributed by atoms with Gasteiger partial charge in [-0.3, -0.25) is 4.79 Å². The van der Waals surface area contributed by atoms with Gasteiger partial charge in [-0.1, -0.05) is 18.2 Å². The molecule has 1 aliphatic rings. The first-order chi connectivity index (χ1) is 14.0. The summed E-state index contributed by atoms with van der Waals surface area (Å²) in [5.41, 5.74) is 2.70. The molecule has 5 heteroatoms. The van der Waals surface area contributed by atoms with Gasteiger partial charge in [0.1, 0.15) is 22.8 Å². The fourth-order valence-electron chi connectivity index (χ4n) is 3.58. The van der Waals surface area contributed by atoms with Crippen LogP contribution in [-0.2, 0) is 6.42 Å². The Labute approximate surface area is 170 Å². The quantitative estimate of drug-likeness (QED) is 0.446. The molecular weight excluding hydrogens is 364 g/mol. The smallest absolute Gasteiger partial charge is 0.211 e. The number of ketones is 1. The second-order valence-electron chi connectivity index (χ2n) is 7.64. The highest BCUT2D eigenvalue weighted by Crippen LogP contribution is 2.36. The van der Waals surface area contributed by atoms with E-state index in [1.807, 2.05) is 69.3 Å². The van der Waals surface area contributed by atoms with Crippen LogP contribution in [0.5, 0.6) is 11.5 Å². The Balaban J connectivity index is 1.76. The minimum absolute atomic E-state index is 0.104. The number of allylic oxidation sites excluding steroid dienone is 1. The summed E-state index contributed by atoms with van der Waals surface area (Å²) in [4.78, 5) is 13.5. The number of hydrogen-bond donors (Lipinski definition) is 0. The van der Waals surface area contributed by atoms with E-state index in [1.54, 1.807) is 23.1 Å². The summed E-state index contributed by atoms with van der Waals surface area (Å²) in [6.45, 7) is 6.59. The van der Waals surface area contributed by atoms with Crippen LogP contribution in [0.15, 0.2) is 60.9 Å². The normalized spacial score (nSPS) is 14.9. The van der Waals surface area contributed by atoms with Crippen molar-refractivity contribution in [2.24, 2.45) is 0 Å². The highest BCUT2D eigenvalue weighted by Gasteiger charge is 2.30. The van der Waals surface area contributed by atoms with Crippen LogP contribution in [0.3, 0.4) is 0 Å². The molecule has 1 aliphatic heterocycles. The van der Waals surface area contributed by atoms with Crippen LogP contribution in [0, 0.1) is 0 Å². The molecule has 29 heavy (non-hydrogen) atoms. The Morgan fingerprint density at radius 2 is 2.07 bits per heavy atom. The number of carbonyl (C=O) groups excluding carboxylic acids is 1. The summed E-state index contributed by atoms with van der Waals surface area (Å²) in [7, 11) is 0. The van der Waals surface area contributed by atoms with E-state index in [-0.39, 0.29) is 11.4 Å². The zero-order valence-electron chi connectivity index (χ0n) is 16.9. The zero-order chi connectivity index (χ0) is 20.4. The molecule has 0 spiro atoms. The SMILES string of the molecule is CCOc1ccccc1C=C(C(=O)c1ccc2c(c1)CC(C)(C)O2)n1cccn1. The minimum atomic E-state index is -0.249. The van der Waals surface area contributed by atoms with Gasteiger partial charge in [0.15, 0.2) is 0 Å². The molecule has 0 aliphatic carbocycles. The summed E-state index contributed by atoms with van der Waals surface area (Å²) in [5, 5.41) is 4.29. The summed E-state index contributed by atoms with van der Waals surface area (Å²) in [6, 6.07) is 15.1. The van der Waals surface area contributed by atoms with Crippen LogP contribution in [0.25, 0.3) is 11.8 Å². The lowest BCUT2D eigenvalue weighted by atomic mass is 9.98. The molecule has 1 aromatic heterocycles. The van der Waals surface area contributed by atoms with E-state index in [9.17, 15) is 4.79 Å². The molecule has 148 valence electrons. The lowest BCUT2D eigenvalue weighted by Crippen LogP contribution is -2.24. The largest absolute Gasteiger partial charge is 0.493 e. The monoisotopic (exact) mass is 388 g/mol. The fourth-order valence-corrected chi connectivity index (χ4v) is 3.58. The van der Waals surface area contributed by atoms with Gasteiger partial charge >= 0.3 is 0 Å². The third kappa shape index (κ3) is 3.94. The summed E-state index contributed by atoms with van der Waals surface area (Å²) in [5.74, 6) is 1.47. The molecule has 0 saturated heterocycles. The fraction of sp³-hybridized carbons (Fsp3) is 0.250. The molecule has 0 atom stereocenters. The highest BCUT2D eigenvalue weighted by molar-refractivity contribution is 6.28. The van der Waals surface area contributed by atoms with Crippen molar-refractivity contribution in [1.82, 2.24) is 9.78 Å². The number of Topliss-reactive ketones (excluding diaryl/α,β-unsaturated/α-hetero) is 1. The van der Waals surface area contributed by atoms with Crippen LogP contribution in [0.2, 0.25) is 0 Å². The van der Waals surface area contributed by atoms with Crippen LogP contribution < -0.4 is 9.47 Å². The van der Waals surface area contributed by atoms with Crippen molar-refractivity contribution in [3.63, 3.8) is 0 Å². The molecule has 0 N–H and O–H groups in total. The van der Waals surface area contributed by atoms with Crippen molar-refractivity contribution in [2.75, 3.05) is 6.61 Å². The number of benzene rings is 2. The molecule has 4 rings (SSSR count). The van der Waals surface area contributed by atoms with Gasteiger partial charge < -0.3 is 9.47 Å². The Morgan fingerprint density at radius 1 is 1.24 bits per heavy atom. The maximum absolute atomic E-state index is 13.5. The first kappa shape index (κ1) is 19.0. The number of carbonyl (C=O) groups is 1. The molecule has 0 radical (unpaired) electrons. The standard InChI is InChI=1S/C24H24N2O3/c1-4-28-21-9-6-5-8-17(21)15-20(26-13-7-12-25-26)23(27)18-10-11-22-19(14-18)16-24(2,3)29-22/h5-15H,4,16H2,1-3H3. The maximum atomic E-state index is 13.5. The Morgan fingerprint density at radius 3 is 2.83 bits per heavy atom. The molecule has 3 aromatic rings. The van der Waals surface area contributed by atoms with Crippen LogP contribution in [0.1, 0.15) is 42.3 Å². The van der Waals surface area contributed by atoms with E-state index in [0.29, 0.717) is 17.9 Å². The van der Waals surface area contributed by atoms with Crippen molar-refractivity contribution < 1.29 is 14.3 Å². The number of hydrogen-bond acceptors (Lipinski definition) is 4. The predicted molar refractivity (Wildman–Crippen MR) is 113 cm³/mol. The number of ether oxygens (including phenoxy) is 2. The van der Waals surface area contributed by atoms with E-state index >= 15 is 0 Å². The van der Waals surface area contributed by atoms with E-state index in [0.717, 1.165) is 29.0 Å². The van der Waals surface area contributed by atoms with Gasteiger partial charge in [0.2, 0.25) is 5.78 Å². The average molecular weight is 388 g/mol. The van der Waals surface area contributed by atoms with Gasteiger partial charge in [0.25, 0.3) is 0 Å². The first-order valence-electron chi connectivity index (χ1n) is 9.77. The summed E-state index contributed by atoms with van der Waals surface area (Å²) >= 11 is 0. The second kappa shape index (κ2) is 7.59. The number of nitrogens with zero attached hydrogens (tertiary/aromatic N) is 2. The number of para-hydroxylation sites is 1. The van der Waals surface area contributed by atoms with Crippen molar-refractivity contribution in [3.8, 4) is 11.5 Å². The topological polar surface area (TPSA) is 53.4 Å². The molecule has 2 heterocycles. The minimum Gasteiger partial charge on any atom is -0.493 e. The third-order valence-corrected chi connectivity index (χ3v) is 4.82. The molecule has 5 nitrogen and oxygen atoms in total. The highest BCUT2D eigenvalue weighted by atomic mass is 16.5. The molecule has 0 unspecified atom stereocenters. The molecule has 2 aromatic carbocycles. The number of aromatic nitrogens is 2.